The number of carbonyl (C=O) groups excluding carboxylic acids is 1. The van der Waals surface area contributed by atoms with E-state index in [1.807, 2.05) is 55.5 Å². The number of nitro benzene ring substituents is 1. The summed E-state index contributed by atoms with van der Waals surface area (Å²) in [6, 6.07) is 20.4. The Morgan fingerprint density at radius 2 is 1.67 bits per heavy atom. The summed E-state index contributed by atoms with van der Waals surface area (Å²) in [6.07, 6.45) is -0.776. The highest BCUT2D eigenvalue weighted by atomic mass is 16.6. The molecule has 1 amide bonds. The summed E-state index contributed by atoms with van der Waals surface area (Å²) in [5.74, 6) is 0.966. The molecule has 1 fully saturated rings. The number of aryl methyl sites for hydroxylation is 1. The number of carbonyl (C=O) groups is 1. The minimum absolute atomic E-state index is 0.0812. The Bertz CT molecular complexity index is 1110. The number of amides is 1. The molecular formula is C23H20N2O5. The van der Waals surface area contributed by atoms with E-state index >= 15 is 0 Å². The second-order valence-corrected chi connectivity index (χ2v) is 6.98. The third-order valence-electron chi connectivity index (χ3n) is 5.17. The van der Waals surface area contributed by atoms with Crippen molar-refractivity contribution < 1.29 is 19.2 Å². The average Bonchev–Trinajstić information content (AvgIpc) is 2.76. The highest BCUT2D eigenvalue weighted by Gasteiger charge is 2.52. The molecule has 2 atom stereocenters. The number of para-hydroxylation sites is 2. The lowest BCUT2D eigenvalue weighted by Gasteiger charge is -2.47. The summed E-state index contributed by atoms with van der Waals surface area (Å²) in [4.78, 5) is 25.4. The predicted octanol–water partition coefficient (Wildman–Crippen LogP) is 4.45. The van der Waals surface area contributed by atoms with Gasteiger partial charge in [-0.2, -0.15) is 0 Å². The van der Waals surface area contributed by atoms with E-state index < -0.39 is 17.1 Å². The second kappa shape index (κ2) is 7.87. The molecule has 1 aliphatic heterocycles. The first-order valence-electron chi connectivity index (χ1n) is 9.44. The van der Waals surface area contributed by atoms with Gasteiger partial charge in [-0.25, -0.2) is 0 Å². The van der Waals surface area contributed by atoms with Crippen molar-refractivity contribution in [1.82, 2.24) is 0 Å². The van der Waals surface area contributed by atoms with Crippen LogP contribution >= 0.6 is 0 Å². The molecule has 30 heavy (non-hydrogen) atoms. The molecule has 4 rings (SSSR count). The fourth-order valence-corrected chi connectivity index (χ4v) is 3.66. The van der Waals surface area contributed by atoms with Crippen LogP contribution in [0.15, 0.2) is 72.8 Å². The summed E-state index contributed by atoms with van der Waals surface area (Å²) in [7, 11) is 1.56. The first-order chi connectivity index (χ1) is 14.5. The van der Waals surface area contributed by atoms with Crippen molar-refractivity contribution in [2.24, 2.45) is 0 Å². The Morgan fingerprint density at radius 1 is 0.967 bits per heavy atom. The summed E-state index contributed by atoms with van der Waals surface area (Å²) in [5, 5.41) is 11.2. The first-order valence-corrected chi connectivity index (χ1v) is 9.44. The first kappa shape index (κ1) is 19.4. The molecule has 0 saturated carbocycles. The minimum atomic E-state index is -0.776. The van der Waals surface area contributed by atoms with Crippen LogP contribution in [0.2, 0.25) is 0 Å². The van der Waals surface area contributed by atoms with Crippen molar-refractivity contribution in [3.8, 4) is 11.5 Å². The Balaban J connectivity index is 1.77. The number of hydrogen-bond donors (Lipinski definition) is 0. The van der Waals surface area contributed by atoms with E-state index in [0.29, 0.717) is 17.2 Å². The van der Waals surface area contributed by atoms with E-state index in [1.165, 1.54) is 17.0 Å². The zero-order chi connectivity index (χ0) is 21.3. The molecule has 152 valence electrons. The minimum Gasteiger partial charge on any atom is -0.496 e. The van der Waals surface area contributed by atoms with Crippen molar-refractivity contribution >= 4 is 17.3 Å². The fraction of sp³-hybridized carbons (Fsp3) is 0.174. The lowest BCUT2D eigenvalue weighted by Crippen LogP contribution is -2.61. The van der Waals surface area contributed by atoms with E-state index in [1.54, 1.807) is 19.2 Å². The normalized spacial score (nSPS) is 17.9. The molecule has 2 unspecified atom stereocenters. The van der Waals surface area contributed by atoms with Gasteiger partial charge in [0.05, 0.1) is 17.7 Å². The molecule has 0 spiro atoms. The van der Waals surface area contributed by atoms with Crippen molar-refractivity contribution in [1.29, 1.82) is 0 Å². The third-order valence-corrected chi connectivity index (χ3v) is 5.17. The molecule has 7 nitrogen and oxygen atoms in total. The van der Waals surface area contributed by atoms with Crippen LogP contribution < -0.4 is 14.4 Å². The predicted molar refractivity (Wildman–Crippen MR) is 112 cm³/mol. The number of benzene rings is 3. The van der Waals surface area contributed by atoms with Gasteiger partial charge in [0.2, 0.25) is 6.10 Å². The highest BCUT2D eigenvalue weighted by Crippen LogP contribution is 2.45. The lowest BCUT2D eigenvalue weighted by atomic mass is 9.89. The van der Waals surface area contributed by atoms with Gasteiger partial charge in [0.15, 0.2) is 0 Å². The number of methoxy groups -OCH3 is 1. The van der Waals surface area contributed by atoms with Gasteiger partial charge in [-0.05, 0) is 30.7 Å². The van der Waals surface area contributed by atoms with Crippen LogP contribution in [0.5, 0.6) is 11.5 Å². The van der Waals surface area contributed by atoms with Gasteiger partial charge in [0.25, 0.3) is 11.6 Å². The van der Waals surface area contributed by atoms with E-state index in [0.717, 1.165) is 11.1 Å². The third kappa shape index (κ3) is 3.34. The molecule has 0 radical (unpaired) electrons. The molecule has 0 N–H and O–H groups in total. The molecule has 3 aromatic rings. The van der Waals surface area contributed by atoms with Gasteiger partial charge >= 0.3 is 0 Å². The number of anilines is 1. The van der Waals surface area contributed by atoms with E-state index in [9.17, 15) is 14.9 Å². The molecule has 0 aromatic heterocycles. The Labute approximate surface area is 173 Å². The molecule has 3 aromatic carbocycles. The molecule has 1 aliphatic rings. The number of rotatable bonds is 6. The SMILES string of the molecule is COc1ccccc1C1C(Oc2ccccc2C)C(=O)N1c1cccc([N+](=O)[O-])c1. The van der Waals surface area contributed by atoms with Crippen LogP contribution in [0.4, 0.5) is 11.4 Å². The maximum absolute atomic E-state index is 13.1. The molecule has 0 bridgehead atoms. The quantitative estimate of drug-likeness (QED) is 0.344. The van der Waals surface area contributed by atoms with Crippen LogP contribution in [0.3, 0.4) is 0 Å². The van der Waals surface area contributed by atoms with E-state index in [-0.39, 0.29) is 11.6 Å². The maximum Gasteiger partial charge on any atom is 0.271 e. The summed E-state index contributed by atoms with van der Waals surface area (Å²) < 4.78 is 11.6. The van der Waals surface area contributed by atoms with E-state index in [2.05, 4.69) is 0 Å². The maximum atomic E-state index is 13.1. The lowest BCUT2D eigenvalue weighted by molar-refractivity contribution is -0.384. The van der Waals surface area contributed by atoms with Gasteiger partial charge in [0, 0.05) is 17.7 Å². The van der Waals surface area contributed by atoms with Crippen LogP contribution in [-0.2, 0) is 4.79 Å². The number of non-ortho nitro benzene ring substituents is 1. The number of nitrogens with zero attached hydrogens (tertiary/aromatic N) is 2. The van der Waals surface area contributed by atoms with Gasteiger partial charge in [0.1, 0.15) is 17.5 Å². The standard InChI is InChI=1S/C23H20N2O5/c1-15-8-3-5-12-19(15)30-22-21(18-11-4-6-13-20(18)29-2)24(23(22)26)16-9-7-10-17(14-16)25(27)28/h3-14,21-22H,1-2H3. The van der Waals surface area contributed by atoms with Crippen LogP contribution in [0.25, 0.3) is 0 Å². The molecule has 0 aliphatic carbocycles. The molecule has 1 saturated heterocycles. The van der Waals surface area contributed by atoms with Crippen LogP contribution in [-0.4, -0.2) is 24.0 Å². The summed E-state index contributed by atoms with van der Waals surface area (Å²) in [6.45, 7) is 1.91. The van der Waals surface area contributed by atoms with Crippen molar-refractivity contribution in [3.63, 3.8) is 0 Å². The Morgan fingerprint density at radius 3 is 2.37 bits per heavy atom. The number of nitro groups is 1. The van der Waals surface area contributed by atoms with Crippen molar-refractivity contribution in [2.75, 3.05) is 12.0 Å². The van der Waals surface area contributed by atoms with Crippen LogP contribution in [0, 0.1) is 17.0 Å². The fourth-order valence-electron chi connectivity index (χ4n) is 3.66. The Kier molecular flexibility index (Phi) is 5.10. The van der Waals surface area contributed by atoms with Gasteiger partial charge in [-0.3, -0.25) is 19.8 Å². The van der Waals surface area contributed by atoms with E-state index in [4.69, 9.17) is 9.47 Å². The smallest absolute Gasteiger partial charge is 0.271 e. The highest BCUT2D eigenvalue weighted by molar-refractivity contribution is 6.05. The van der Waals surface area contributed by atoms with Crippen molar-refractivity contribution in [2.45, 2.75) is 19.1 Å². The number of β-lactam (4-membered cyclic amide) rings is 1. The van der Waals surface area contributed by atoms with Gasteiger partial charge in [-0.1, -0.05) is 42.5 Å². The number of ether oxygens (including phenoxy) is 2. The molecule has 1 heterocycles. The zero-order valence-electron chi connectivity index (χ0n) is 16.5. The summed E-state index contributed by atoms with van der Waals surface area (Å²) >= 11 is 0. The Hall–Kier alpha value is -3.87. The zero-order valence-corrected chi connectivity index (χ0v) is 16.5. The van der Waals surface area contributed by atoms with Gasteiger partial charge < -0.3 is 9.47 Å². The topological polar surface area (TPSA) is 81.9 Å². The monoisotopic (exact) mass is 404 g/mol. The molecular weight excluding hydrogens is 384 g/mol. The number of hydrogen-bond acceptors (Lipinski definition) is 5. The second-order valence-electron chi connectivity index (χ2n) is 6.98. The summed E-state index contributed by atoms with van der Waals surface area (Å²) in [5.41, 5.74) is 2.04. The van der Waals surface area contributed by atoms with Crippen LogP contribution in [0.1, 0.15) is 17.2 Å². The average molecular weight is 404 g/mol. The van der Waals surface area contributed by atoms with Gasteiger partial charge in [-0.15, -0.1) is 0 Å². The largest absolute Gasteiger partial charge is 0.496 e. The van der Waals surface area contributed by atoms with Crippen molar-refractivity contribution in [3.05, 3.63) is 94.0 Å². The molecule has 7 heteroatoms.